The SMILES string of the molecule is COC(=O)N[C@H](C(=O)N[C@@H](Cc1ccc(C#Cc2ccc(N3CC4CCC(C3)N4C3COC3)nc2)cc1)[C@@H](O)CN(Cc1ccc(-c2cnn(C(F)F)c2)cc1F)NC(=O)[C@@H](NC(=O)O)C(C)(C)C)C(C)(C)C(F)(F)F. The number of anilines is 1. The van der Waals surface area contributed by atoms with Crippen molar-refractivity contribution < 1.29 is 65.2 Å². The van der Waals surface area contributed by atoms with Crippen LogP contribution in [-0.2, 0) is 32.0 Å². The second-order valence-electron chi connectivity index (χ2n) is 20.9. The fourth-order valence-corrected chi connectivity index (χ4v) is 9.52. The number of carbonyl (C=O) groups is 4. The number of nitrogens with zero attached hydrogens (tertiary/aromatic N) is 6. The number of benzene rings is 2. The highest BCUT2D eigenvalue weighted by atomic mass is 19.4. The second-order valence-corrected chi connectivity index (χ2v) is 20.9. The van der Waals surface area contributed by atoms with E-state index in [1.165, 1.54) is 12.1 Å². The summed E-state index contributed by atoms with van der Waals surface area (Å²) in [6, 6.07) is 10.3. The third-order valence-corrected chi connectivity index (χ3v) is 14.0. The maximum atomic E-state index is 16.0. The van der Waals surface area contributed by atoms with E-state index in [1.54, 1.807) is 51.2 Å². The number of ether oxygens (including phenoxy) is 2. The topological polar surface area (TPSA) is 216 Å². The summed E-state index contributed by atoms with van der Waals surface area (Å²) >= 11 is 0. The highest BCUT2D eigenvalue weighted by molar-refractivity contribution is 5.87. The Morgan fingerprint density at radius 1 is 0.855 bits per heavy atom. The molecule has 3 saturated heterocycles. The third-order valence-electron chi connectivity index (χ3n) is 14.0. The van der Waals surface area contributed by atoms with Crippen LogP contribution in [0.25, 0.3) is 11.1 Å². The van der Waals surface area contributed by atoms with E-state index in [9.17, 15) is 51.3 Å². The molecule has 2 bridgehead atoms. The molecule has 7 rings (SSSR count). The average molecular weight is 1070 g/mol. The molecule has 5 heterocycles. The fraction of sp³-hybridized carbons (Fsp3) is 0.500. The van der Waals surface area contributed by atoms with Gasteiger partial charge in [0.2, 0.25) is 5.91 Å². The van der Waals surface area contributed by atoms with Gasteiger partial charge in [0.15, 0.2) is 0 Å². The molecule has 24 heteroatoms. The van der Waals surface area contributed by atoms with Crippen molar-refractivity contribution in [3.05, 3.63) is 101 Å². The molecule has 2 unspecified atom stereocenters. The maximum absolute atomic E-state index is 16.0. The Morgan fingerprint density at radius 2 is 1.51 bits per heavy atom. The number of hydrazine groups is 1. The van der Waals surface area contributed by atoms with Crippen LogP contribution in [0, 0.1) is 28.5 Å². The lowest BCUT2D eigenvalue weighted by Crippen LogP contribution is -2.63. The second kappa shape index (κ2) is 23.5. The molecule has 6 atom stereocenters. The van der Waals surface area contributed by atoms with Crippen molar-refractivity contribution in [2.45, 2.75) is 116 Å². The Morgan fingerprint density at radius 3 is 2.05 bits per heavy atom. The number of hydrogen-bond acceptors (Lipinski definition) is 12. The lowest BCUT2D eigenvalue weighted by atomic mass is 9.82. The van der Waals surface area contributed by atoms with Crippen molar-refractivity contribution in [2.75, 3.05) is 44.9 Å². The van der Waals surface area contributed by atoms with Gasteiger partial charge in [-0.1, -0.05) is 56.9 Å². The summed E-state index contributed by atoms with van der Waals surface area (Å²) in [7, 11) is 0.896. The normalized spacial score (nSPS) is 18.7. The van der Waals surface area contributed by atoms with Crippen LogP contribution in [0.2, 0.25) is 0 Å². The highest BCUT2D eigenvalue weighted by Crippen LogP contribution is 2.41. The van der Waals surface area contributed by atoms with Crippen LogP contribution in [0.3, 0.4) is 0 Å². The van der Waals surface area contributed by atoms with Crippen molar-refractivity contribution in [1.29, 1.82) is 0 Å². The van der Waals surface area contributed by atoms with Crippen LogP contribution >= 0.6 is 0 Å². The maximum Gasteiger partial charge on any atom is 0.407 e. The molecule has 3 aliphatic heterocycles. The Bertz CT molecular complexity index is 2750. The van der Waals surface area contributed by atoms with E-state index in [4.69, 9.17) is 9.72 Å². The van der Waals surface area contributed by atoms with Crippen molar-refractivity contribution >= 4 is 29.8 Å². The number of aliphatic hydroxyl groups is 1. The molecule has 6 N–H and O–H groups in total. The van der Waals surface area contributed by atoms with Gasteiger partial charge >= 0.3 is 24.9 Å². The van der Waals surface area contributed by atoms with Gasteiger partial charge in [-0.2, -0.15) is 27.1 Å². The lowest BCUT2D eigenvalue weighted by Gasteiger charge is -2.47. The molecule has 4 aromatic rings. The number of rotatable bonds is 18. The van der Waals surface area contributed by atoms with Gasteiger partial charge in [0, 0.05) is 72.9 Å². The molecule has 76 heavy (non-hydrogen) atoms. The summed E-state index contributed by atoms with van der Waals surface area (Å²) in [6.45, 7) is 5.24. The summed E-state index contributed by atoms with van der Waals surface area (Å²) in [6.07, 6.45) is -3.93. The number of aromatic nitrogens is 3. The van der Waals surface area contributed by atoms with Crippen molar-refractivity contribution in [3.8, 4) is 23.0 Å². The van der Waals surface area contributed by atoms with Gasteiger partial charge in [0.25, 0.3) is 5.91 Å². The average Bonchev–Trinajstić information content (AvgIpc) is 3.93. The minimum atomic E-state index is -5.06. The van der Waals surface area contributed by atoms with Crippen molar-refractivity contribution in [1.82, 2.24) is 46.0 Å². The molecule has 410 valence electrons. The monoisotopic (exact) mass is 1070 g/mol. The number of hydrogen-bond donors (Lipinski definition) is 6. The van der Waals surface area contributed by atoms with Gasteiger partial charge in [-0.15, -0.1) is 0 Å². The van der Waals surface area contributed by atoms with Crippen molar-refractivity contribution in [2.24, 2.45) is 10.8 Å². The molecule has 4 amide bonds. The number of alkyl carbamates (subject to hydrolysis) is 1. The molecular weight excluding hydrogens is 1010 g/mol. The molecule has 18 nitrogen and oxygen atoms in total. The van der Waals surface area contributed by atoms with E-state index >= 15 is 4.39 Å². The van der Waals surface area contributed by atoms with E-state index < -0.39 is 90.7 Å². The van der Waals surface area contributed by atoms with Crippen LogP contribution in [0.15, 0.2) is 73.2 Å². The fourth-order valence-electron chi connectivity index (χ4n) is 9.52. The number of halogens is 6. The molecule has 3 fully saturated rings. The third kappa shape index (κ3) is 13.7. The summed E-state index contributed by atoms with van der Waals surface area (Å²) in [5, 5.41) is 32.9. The van der Waals surface area contributed by atoms with E-state index in [1.807, 2.05) is 17.4 Å². The van der Waals surface area contributed by atoms with E-state index in [-0.39, 0.29) is 23.1 Å². The molecule has 2 aromatic heterocycles. The van der Waals surface area contributed by atoms with Gasteiger partial charge in [0.05, 0.1) is 50.1 Å². The first-order valence-electron chi connectivity index (χ1n) is 24.5. The number of alkyl halides is 5. The molecule has 3 aliphatic rings. The predicted molar refractivity (Wildman–Crippen MR) is 265 cm³/mol. The number of carbonyl (C=O) groups excluding carboxylic acids is 3. The van der Waals surface area contributed by atoms with Crippen LogP contribution in [0.4, 0.5) is 41.7 Å². The Kier molecular flexibility index (Phi) is 17.6. The van der Waals surface area contributed by atoms with Crippen LogP contribution < -0.4 is 26.3 Å². The number of pyridine rings is 1. The molecule has 0 aliphatic carbocycles. The molecule has 2 aromatic carbocycles. The summed E-state index contributed by atoms with van der Waals surface area (Å²) < 4.78 is 96.5. The largest absolute Gasteiger partial charge is 0.465 e. The number of amides is 4. The van der Waals surface area contributed by atoms with Gasteiger partial charge in [-0.05, 0) is 80.0 Å². The zero-order valence-electron chi connectivity index (χ0n) is 42.7. The number of methoxy groups -OCH3 is 1. The lowest BCUT2D eigenvalue weighted by molar-refractivity contribution is -0.220. The van der Waals surface area contributed by atoms with Gasteiger partial charge < -0.3 is 40.5 Å². The number of piperazine rings is 1. The molecule has 0 saturated carbocycles. The Labute approximate surface area is 435 Å². The zero-order valence-corrected chi connectivity index (χ0v) is 42.7. The number of carboxylic acid groups (broad SMARTS) is 1. The van der Waals surface area contributed by atoms with Gasteiger partial charge in [-0.3, -0.25) is 19.9 Å². The number of aliphatic hydroxyl groups excluding tert-OH is 1. The van der Waals surface area contributed by atoms with Crippen molar-refractivity contribution in [3.63, 3.8) is 0 Å². The van der Waals surface area contributed by atoms with E-state index in [0.29, 0.717) is 53.3 Å². The zero-order chi connectivity index (χ0) is 55.3. The summed E-state index contributed by atoms with van der Waals surface area (Å²) in [5.41, 5.74) is 0.429. The van der Waals surface area contributed by atoms with E-state index in [0.717, 1.165) is 75.5 Å². The van der Waals surface area contributed by atoms with Crippen LogP contribution in [-0.4, -0.2) is 147 Å². The van der Waals surface area contributed by atoms with Crippen LogP contribution in [0.5, 0.6) is 0 Å². The van der Waals surface area contributed by atoms with Crippen LogP contribution in [0.1, 0.15) is 76.3 Å². The van der Waals surface area contributed by atoms with Gasteiger partial charge in [-0.25, -0.2) is 28.7 Å². The smallest absolute Gasteiger partial charge is 0.407 e. The first-order valence-corrected chi connectivity index (χ1v) is 24.5. The number of nitrogens with one attached hydrogen (secondary N) is 4. The molecule has 0 spiro atoms. The Balaban J connectivity index is 1.14. The van der Waals surface area contributed by atoms with E-state index in [2.05, 4.69) is 47.5 Å². The quantitative estimate of drug-likeness (QED) is 0.0393. The van der Waals surface area contributed by atoms with Gasteiger partial charge in [0.1, 0.15) is 23.7 Å². The standard InChI is InChI=1S/C52H62F6N10O8/c1-50(2,3)43(62-48(72)73)46(71)64-66(23-34-15-14-33(20-39(34)53)35-22-60-67(24-35)47(54)55)27-41(69)40(61-45(70)44(63-49(74)75-6)51(4,5)52(56,57)58)19-31-10-7-30(8-11-31)9-12-32-13-18-42(59-21-32)65-25-36-16-17-37(26-65)68(36)38-28-76-29-38/h7-8,10-11,13-15,18,20-22,24,36-38,40-41,43-44,47,62,69H,16-17,19,23,25-29H2,1-6H3,(H,61,70)(H,63,74)(H,64,71)(H,72,73)/t36?,37?,40-,41-,43+,44+/m0/s1. The first-order chi connectivity index (χ1) is 35.8. The summed E-state index contributed by atoms with van der Waals surface area (Å²) in [5.74, 6) is 3.85. The minimum Gasteiger partial charge on any atom is -0.465 e. The summed E-state index contributed by atoms with van der Waals surface area (Å²) in [4.78, 5) is 61.8. The first kappa shape index (κ1) is 56.8. The minimum absolute atomic E-state index is 0.116. The Hall–Kier alpha value is -6.94. The predicted octanol–water partition coefficient (Wildman–Crippen LogP) is 5.85. The molecule has 0 radical (unpaired) electrons. The molecular formula is C52H62F6N10O8. The number of fused-ring (bicyclic) bond motifs is 2. The highest BCUT2D eigenvalue weighted by Gasteiger charge is 2.56.